The van der Waals surface area contributed by atoms with Crippen LogP contribution in [0.4, 0.5) is 11.6 Å². The van der Waals surface area contributed by atoms with Gasteiger partial charge in [-0.2, -0.15) is 0 Å². The van der Waals surface area contributed by atoms with Gasteiger partial charge in [-0.05, 0) is 43.1 Å². The predicted octanol–water partition coefficient (Wildman–Crippen LogP) is 3.07. The molecule has 0 spiro atoms. The van der Waals surface area contributed by atoms with Crippen LogP contribution in [0.1, 0.15) is 25.7 Å². The number of anilines is 1. The van der Waals surface area contributed by atoms with Crippen LogP contribution in [-0.4, -0.2) is 21.4 Å². The highest BCUT2D eigenvalue weighted by molar-refractivity contribution is 5.79. The first-order valence-corrected chi connectivity index (χ1v) is 7.04. The molecule has 1 aromatic heterocycles. The van der Waals surface area contributed by atoms with Crippen molar-refractivity contribution in [1.29, 1.82) is 0 Å². The van der Waals surface area contributed by atoms with Crippen molar-refractivity contribution in [1.82, 2.24) is 9.97 Å². The molecule has 2 saturated carbocycles. The molecule has 0 radical (unpaired) electrons. The molecule has 0 saturated heterocycles. The Morgan fingerprint density at radius 1 is 1.45 bits per heavy atom. The summed E-state index contributed by atoms with van der Waals surface area (Å²) >= 11 is 0. The summed E-state index contributed by atoms with van der Waals surface area (Å²) in [5.41, 5.74) is 2.06. The number of nitrogens with one attached hydrogen (secondary N) is 2. The van der Waals surface area contributed by atoms with Gasteiger partial charge in [0.15, 0.2) is 0 Å². The Morgan fingerprint density at radius 2 is 2.25 bits per heavy atom. The maximum atomic E-state index is 10.8. The van der Waals surface area contributed by atoms with Gasteiger partial charge < -0.3 is 10.3 Å². The second-order valence-corrected chi connectivity index (χ2v) is 6.03. The molecule has 6 heteroatoms. The van der Waals surface area contributed by atoms with Crippen LogP contribution in [0.2, 0.25) is 0 Å². The number of nitrogens with zero attached hydrogens (tertiary/aromatic N) is 2. The van der Waals surface area contributed by atoms with E-state index in [9.17, 15) is 10.1 Å². The van der Waals surface area contributed by atoms with Crippen molar-refractivity contribution < 1.29 is 4.92 Å². The minimum Gasteiger partial charge on any atom is -0.355 e. The molecular formula is C14H16N4O2. The highest BCUT2D eigenvalue weighted by Gasteiger charge is 2.53. The third kappa shape index (κ3) is 1.92. The standard InChI is InChI=1S/C14H16N4O2/c19-18(20)10-3-4-11-12(7-10)17-13(16-11)15-8-14(5-6-14)9-1-2-9/h3-4,7,9H,1-2,5-6,8H2,(H2,15,16,17). The molecule has 2 fully saturated rings. The fourth-order valence-electron chi connectivity index (χ4n) is 3.04. The Kier molecular flexibility index (Phi) is 2.31. The molecule has 0 unspecified atom stereocenters. The van der Waals surface area contributed by atoms with Crippen molar-refractivity contribution in [2.45, 2.75) is 25.7 Å². The largest absolute Gasteiger partial charge is 0.355 e. The molecule has 2 N–H and O–H groups in total. The lowest BCUT2D eigenvalue weighted by Crippen LogP contribution is -2.17. The molecule has 20 heavy (non-hydrogen) atoms. The number of nitro benzene ring substituents is 1. The van der Waals surface area contributed by atoms with Crippen LogP contribution in [0.15, 0.2) is 18.2 Å². The van der Waals surface area contributed by atoms with E-state index in [2.05, 4.69) is 15.3 Å². The number of hydrogen-bond acceptors (Lipinski definition) is 4. The number of fused-ring (bicyclic) bond motifs is 1. The monoisotopic (exact) mass is 272 g/mol. The summed E-state index contributed by atoms with van der Waals surface area (Å²) in [7, 11) is 0. The van der Waals surface area contributed by atoms with Crippen LogP contribution in [-0.2, 0) is 0 Å². The van der Waals surface area contributed by atoms with Crippen LogP contribution in [0, 0.1) is 21.4 Å². The predicted molar refractivity (Wildman–Crippen MR) is 75.6 cm³/mol. The smallest absolute Gasteiger partial charge is 0.271 e. The SMILES string of the molecule is O=[N+]([O-])c1ccc2nc(NCC3(C4CC4)CC3)[nH]c2c1. The number of benzene rings is 1. The first-order valence-electron chi connectivity index (χ1n) is 7.04. The average molecular weight is 272 g/mol. The minimum atomic E-state index is -0.389. The molecule has 0 atom stereocenters. The quantitative estimate of drug-likeness (QED) is 0.647. The van der Waals surface area contributed by atoms with Crippen molar-refractivity contribution in [2.75, 3.05) is 11.9 Å². The number of H-pyrrole nitrogens is 1. The summed E-state index contributed by atoms with van der Waals surface area (Å²) < 4.78 is 0. The van der Waals surface area contributed by atoms with E-state index in [1.54, 1.807) is 6.07 Å². The Morgan fingerprint density at radius 3 is 2.90 bits per heavy atom. The highest BCUT2D eigenvalue weighted by atomic mass is 16.6. The summed E-state index contributed by atoms with van der Waals surface area (Å²) in [6, 6.07) is 4.70. The van der Waals surface area contributed by atoms with E-state index < -0.39 is 0 Å². The van der Waals surface area contributed by atoms with Crippen molar-refractivity contribution in [3.05, 3.63) is 28.3 Å². The van der Waals surface area contributed by atoms with Gasteiger partial charge in [-0.1, -0.05) is 0 Å². The molecule has 1 aromatic carbocycles. The zero-order valence-electron chi connectivity index (χ0n) is 11.1. The third-order valence-corrected chi connectivity index (χ3v) is 4.62. The van der Waals surface area contributed by atoms with Gasteiger partial charge in [0.2, 0.25) is 5.95 Å². The fraction of sp³-hybridized carbons (Fsp3) is 0.500. The van der Waals surface area contributed by atoms with Crippen LogP contribution >= 0.6 is 0 Å². The highest BCUT2D eigenvalue weighted by Crippen LogP contribution is 2.61. The molecule has 104 valence electrons. The number of imidazole rings is 1. The van der Waals surface area contributed by atoms with Crippen LogP contribution in [0.5, 0.6) is 0 Å². The average Bonchev–Trinajstić information content (AvgIpc) is 3.31. The van der Waals surface area contributed by atoms with E-state index in [1.807, 2.05) is 0 Å². The molecule has 0 amide bonds. The van der Waals surface area contributed by atoms with Gasteiger partial charge in [-0.3, -0.25) is 10.1 Å². The van der Waals surface area contributed by atoms with Crippen molar-refractivity contribution in [3.8, 4) is 0 Å². The van der Waals surface area contributed by atoms with E-state index in [4.69, 9.17) is 0 Å². The number of hydrogen-bond donors (Lipinski definition) is 2. The molecule has 2 aromatic rings. The Hall–Kier alpha value is -2.11. The van der Waals surface area contributed by atoms with Gasteiger partial charge >= 0.3 is 0 Å². The Balaban J connectivity index is 1.53. The first kappa shape index (κ1) is 11.7. The Labute approximate surface area is 115 Å². The molecule has 1 heterocycles. The number of nitro groups is 1. The summed E-state index contributed by atoms with van der Waals surface area (Å²) in [6.07, 6.45) is 5.37. The van der Waals surface area contributed by atoms with Crippen LogP contribution in [0.3, 0.4) is 0 Å². The first-order chi connectivity index (χ1) is 9.66. The summed E-state index contributed by atoms with van der Waals surface area (Å²) in [5, 5.41) is 14.1. The van der Waals surface area contributed by atoms with E-state index in [-0.39, 0.29) is 10.6 Å². The summed E-state index contributed by atoms with van der Waals surface area (Å²) in [4.78, 5) is 17.9. The number of aromatic nitrogens is 2. The third-order valence-electron chi connectivity index (χ3n) is 4.62. The normalized spacial score (nSPS) is 20.0. The van der Waals surface area contributed by atoms with Crippen LogP contribution in [0.25, 0.3) is 11.0 Å². The van der Waals surface area contributed by atoms with Gasteiger partial charge in [-0.25, -0.2) is 4.98 Å². The molecule has 2 aliphatic carbocycles. The zero-order valence-corrected chi connectivity index (χ0v) is 11.1. The lowest BCUT2D eigenvalue weighted by Gasteiger charge is -2.13. The van der Waals surface area contributed by atoms with Gasteiger partial charge in [-0.15, -0.1) is 0 Å². The topological polar surface area (TPSA) is 83.8 Å². The summed E-state index contributed by atoms with van der Waals surface area (Å²) in [6.45, 7) is 0.958. The van der Waals surface area contributed by atoms with Crippen molar-refractivity contribution >= 4 is 22.7 Å². The molecule has 0 aliphatic heterocycles. The minimum absolute atomic E-state index is 0.0874. The maximum Gasteiger partial charge on any atom is 0.271 e. The van der Waals surface area contributed by atoms with Crippen molar-refractivity contribution in [2.24, 2.45) is 11.3 Å². The second-order valence-electron chi connectivity index (χ2n) is 6.03. The lowest BCUT2D eigenvalue weighted by molar-refractivity contribution is -0.384. The maximum absolute atomic E-state index is 10.8. The van der Waals surface area contributed by atoms with E-state index in [0.29, 0.717) is 16.9 Å². The molecule has 4 rings (SSSR count). The van der Waals surface area contributed by atoms with E-state index >= 15 is 0 Å². The zero-order chi connectivity index (χ0) is 13.7. The number of non-ortho nitro benzene ring substituents is 1. The van der Waals surface area contributed by atoms with Crippen molar-refractivity contribution in [3.63, 3.8) is 0 Å². The summed E-state index contributed by atoms with van der Waals surface area (Å²) in [5.74, 6) is 1.62. The second kappa shape index (κ2) is 3.94. The molecular weight excluding hydrogens is 256 g/mol. The molecule has 0 bridgehead atoms. The fourth-order valence-corrected chi connectivity index (χ4v) is 3.04. The number of rotatable bonds is 5. The van der Waals surface area contributed by atoms with Crippen LogP contribution < -0.4 is 5.32 Å². The van der Waals surface area contributed by atoms with Gasteiger partial charge in [0.25, 0.3) is 5.69 Å². The lowest BCUT2D eigenvalue weighted by atomic mass is 10.0. The van der Waals surface area contributed by atoms with E-state index in [0.717, 1.165) is 18.0 Å². The van der Waals surface area contributed by atoms with Gasteiger partial charge in [0, 0.05) is 18.7 Å². The van der Waals surface area contributed by atoms with Gasteiger partial charge in [0.05, 0.1) is 16.0 Å². The molecule has 6 nitrogen and oxygen atoms in total. The van der Waals surface area contributed by atoms with Gasteiger partial charge in [0.1, 0.15) is 0 Å². The molecule has 2 aliphatic rings. The Bertz CT molecular complexity index is 686. The number of aromatic amines is 1. The van der Waals surface area contributed by atoms with E-state index in [1.165, 1.54) is 37.8 Å².